The first-order valence-electron chi connectivity index (χ1n) is 11.8. The minimum absolute atomic E-state index is 0.235. The topological polar surface area (TPSA) is 73.7 Å². The molecule has 0 unspecified atom stereocenters. The van der Waals surface area contributed by atoms with Crippen molar-refractivity contribution in [1.29, 1.82) is 0 Å². The van der Waals surface area contributed by atoms with Crippen LogP contribution in [-0.4, -0.2) is 41.7 Å². The molecule has 5 rings (SSSR count). The number of hydrogen-bond acceptors (Lipinski definition) is 5. The van der Waals surface area contributed by atoms with Crippen LogP contribution in [0.25, 0.3) is 0 Å². The lowest BCUT2D eigenvalue weighted by molar-refractivity contribution is -0.0568. The van der Waals surface area contributed by atoms with Gasteiger partial charge in [-0.05, 0) is 44.4 Å². The summed E-state index contributed by atoms with van der Waals surface area (Å²) in [4.78, 5) is 0.311. The molecular weight excluding hydrogens is 450 g/mol. The standard InChI is InChI=1S/C26H31N3O4S/c1-19-8-12-23(13-9-19)34(30,31)28-15-20(2)33-26(16-28)24-14-27-29(22-10-11-22)25(24)18-32-17-21-6-4-3-5-7-21/h3-9,12-14,20,22,26H,10-11,15-18H2,1-2H3/t20-,26-/m1/s1. The molecule has 0 amide bonds. The molecular formula is C26H31N3O4S. The summed E-state index contributed by atoms with van der Waals surface area (Å²) in [6.07, 6.45) is 3.40. The van der Waals surface area contributed by atoms with E-state index in [4.69, 9.17) is 9.47 Å². The second-order valence-corrected chi connectivity index (χ2v) is 11.2. The quantitative estimate of drug-likeness (QED) is 0.477. The van der Waals surface area contributed by atoms with Crippen LogP contribution in [0, 0.1) is 6.92 Å². The van der Waals surface area contributed by atoms with Gasteiger partial charge in [-0.1, -0.05) is 48.0 Å². The van der Waals surface area contributed by atoms with E-state index in [2.05, 4.69) is 5.10 Å². The monoisotopic (exact) mass is 481 g/mol. The minimum Gasteiger partial charge on any atom is -0.370 e. The summed E-state index contributed by atoms with van der Waals surface area (Å²) < 4.78 is 42.7. The number of aromatic nitrogens is 2. The molecule has 7 nitrogen and oxygen atoms in total. The zero-order valence-corrected chi connectivity index (χ0v) is 20.4. The summed E-state index contributed by atoms with van der Waals surface area (Å²) in [5.74, 6) is 0. The van der Waals surface area contributed by atoms with Crippen molar-refractivity contribution in [3.63, 3.8) is 0 Å². The Balaban J connectivity index is 1.37. The summed E-state index contributed by atoms with van der Waals surface area (Å²) in [5, 5.41) is 4.65. The first kappa shape index (κ1) is 23.2. The maximum absolute atomic E-state index is 13.4. The molecule has 3 aromatic rings. The highest BCUT2D eigenvalue weighted by molar-refractivity contribution is 7.89. The van der Waals surface area contributed by atoms with Crippen LogP contribution < -0.4 is 0 Å². The number of morpholine rings is 1. The molecule has 2 aromatic carbocycles. The zero-order chi connectivity index (χ0) is 23.7. The Morgan fingerprint density at radius 3 is 2.47 bits per heavy atom. The highest BCUT2D eigenvalue weighted by Gasteiger charge is 2.37. The number of sulfonamides is 1. The van der Waals surface area contributed by atoms with Crippen molar-refractivity contribution in [1.82, 2.24) is 14.1 Å². The van der Waals surface area contributed by atoms with E-state index in [1.54, 1.807) is 16.4 Å². The number of benzene rings is 2. The van der Waals surface area contributed by atoms with Crippen molar-refractivity contribution in [3.05, 3.63) is 83.2 Å². The molecule has 0 bridgehead atoms. The highest BCUT2D eigenvalue weighted by atomic mass is 32.2. The van der Waals surface area contributed by atoms with Gasteiger partial charge in [-0.15, -0.1) is 0 Å². The van der Waals surface area contributed by atoms with E-state index in [9.17, 15) is 8.42 Å². The molecule has 1 saturated carbocycles. The summed E-state index contributed by atoms with van der Waals surface area (Å²) in [7, 11) is -3.62. The molecule has 1 aliphatic heterocycles. The van der Waals surface area contributed by atoms with Crippen LogP contribution in [0.4, 0.5) is 0 Å². The van der Waals surface area contributed by atoms with Gasteiger partial charge in [0.15, 0.2) is 0 Å². The Bertz CT molecular complexity index is 1220. The molecule has 2 heterocycles. The second-order valence-electron chi connectivity index (χ2n) is 9.27. The molecule has 8 heteroatoms. The molecule has 2 fully saturated rings. The Hall–Kier alpha value is -2.52. The van der Waals surface area contributed by atoms with Crippen LogP contribution in [0.1, 0.15) is 54.3 Å². The molecule has 0 spiro atoms. The average molecular weight is 482 g/mol. The lowest BCUT2D eigenvalue weighted by Gasteiger charge is -2.36. The molecule has 180 valence electrons. The van der Waals surface area contributed by atoms with Gasteiger partial charge in [0.1, 0.15) is 6.10 Å². The third-order valence-electron chi connectivity index (χ3n) is 6.41. The predicted octanol–water partition coefficient (Wildman–Crippen LogP) is 4.39. The van der Waals surface area contributed by atoms with Gasteiger partial charge in [-0.2, -0.15) is 9.40 Å². The van der Waals surface area contributed by atoms with E-state index in [1.807, 2.05) is 67.2 Å². The van der Waals surface area contributed by atoms with Crippen LogP contribution >= 0.6 is 0 Å². The van der Waals surface area contributed by atoms with Gasteiger partial charge in [0.05, 0.1) is 42.1 Å². The number of nitrogens with zero attached hydrogens (tertiary/aromatic N) is 3. The SMILES string of the molecule is Cc1ccc(S(=O)(=O)N2C[C@@H](C)O[C@@H](c3cnn(C4CC4)c3COCc3ccccc3)C2)cc1. The van der Waals surface area contributed by atoms with Gasteiger partial charge < -0.3 is 9.47 Å². The molecule has 1 aromatic heterocycles. The van der Waals surface area contributed by atoms with Crippen LogP contribution in [0.5, 0.6) is 0 Å². The van der Waals surface area contributed by atoms with Crippen LogP contribution in [0.15, 0.2) is 65.7 Å². The van der Waals surface area contributed by atoms with Gasteiger partial charge >= 0.3 is 0 Å². The first-order valence-corrected chi connectivity index (χ1v) is 13.3. The van der Waals surface area contributed by atoms with Crippen LogP contribution in [-0.2, 0) is 32.7 Å². The molecule has 1 saturated heterocycles. The molecule has 0 radical (unpaired) electrons. The Morgan fingerprint density at radius 1 is 1.03 bits per heavy atom. The van der Waals surface area contributed by atoms with E-state index in [0.29, 0.717) is 30.7 Å². The summed E-state index contributed by atoms with van der Waals surface area (Å²) in [6, 6.07) is 17.5. The Labute approximate surface area is 201 Å². The molecule has 0 N–H and O–H groups in total. The van der Waals surface area contributed by atoms with Gasteiger partial charge in [-0.25, -0.2) is 8.42 Å². The van der Waals surface area contributed by atoms with E-state index in [1.165, 1.54) is 0 Å². The second kappa shape index (κ2) is 9.62. The number of hydrogen-bond donors (Lipinski definition) is 0. The summed E-state index contributed by atoms with van der Waals surface area (Å²) in [6.45, 7) is 5.35. The third kappa shape index (κ3) is 4.95. The highest BCUT2D eigenvalue weighted by Crippen LogP contribution is 2.38. The van der Waals surface area contributed by atoms with Gasteiger partial charge in [0.25, 0.3) is 0 Å². The van der Waals surface area contributed by atoms with Crippen LogP contribution in [0.3, 0.4) is 0 Å². The number of ether oxygens (including phenoxy) is 2. The summed E-state index contributed by atoms with van der Waals surface area (Å²) >= 11 is 0. The van der Waals surface area contributed by atoms with Crippen molar-refractivity contribution >= 4 is 10.0 Å². The molecule has 1 aliphatic carbocycles. The van der Waals surface area contributed by atoms with E-state index >= 15 is 0 Å². The van der Waals surface area contributed by atoms with Gasteiger partial charge in [0.2, 0.25) is 10.0 Å². The molecule has 34 heavy (non-hydrogen) atoms. The maximum Gasteiger partial charge on any atom is 0.243 e. The lowest BCUT2D eigenvalue weighted by atomic mass is 10.1. The van der Waals surface area contributed by atoms with Crippen molar-refractivity contribution in [2.24, 2.45) is 0 Å². The van der Waals surface area contributed by atoms with Crippen molar-refractivity contribution in [2.45, 2.75) is 63.0 Å². The van der Waals surface area contributed by atoms with E-state index in [0.717, 1.165) is 35.2 Å². The van der Waals surface area contributed by atoms with Gasteiger partial charge in [-0.3, -0.25) is 4.68 Å². The molecule has 2 aliphatic rings. The minimum atomic E-state index is -3.62. The average Bonchev–Trinajstić information content (AvgIpc) is 3.59. The van der Waals surface area contributed by atoms with E-state index < -0.39 is 16.1 Å². The normalized spacial score (nSPS) is 21.6. The fourth-order valence-corrected chi connectivity index (χ4v) is 5.95. The zero-order valence-electron chi connectivity index (χ0n) is 19.6. The Morgan fingerprint density at radius 2 is 1.76 bits per heavy atom. The maximum atomic E-state index is 13.4. The number of rotatable bonds is 8. The smallest absolute Gasteiger partial charge is 0.243 e. The molecule has 2 atom stereocenters. The van der Waals surface area contributed by atoms with E-state index in [-0.39, 0.29) is 12.6 Å². The predicted molar refractivity (Wildman–Crippen MR) is 129 cm³/mol. The number of aryl methyl sites for hydroxylation is 1. The van der Waals surface area contributed by atoms with Gasteiger partial charge in [0, 0.05) is 18.7 Å². The lowest BCUT2D eigenvalue weighted by Crippen LogP contribution is -2.46. The van der Waals surface area contributed by atoms with Crippen molar-refractivity contribution in [3.8, 4) is 0 Å². The Kier molecular flexibility index (Phi) is 6.57. The fourth-order valence-electron chi connectivity index (χ4n) is 4.43. The summed E-state index contributed by atoms with van der Waals surface area (Å²) in [5.41, 5.74) is 4.03. The van der Waals surface area contributed by atoms with Crippen molar-refractivity contribution in [2.75, 3.05) is 13.1 Å². The van der Waals surface area contributed by atoms with Crippen molar-refractivity contribution < 1.29 is 17.9 Å². The third-order valence-corrected chi connectivity index (χ3v) is 8.25. The largest absolute Gasteiger partial charge is 0.370 e. The van der Waals surface area contributed by atoms with Crippen LogP contribution in [0.2, 0.25) is 0 Å². The first-order chi connectivity index (χ1) is 16.4. The fraction of sp³-hybridized carbons (Fsp3) is 0.423.